The number of aliphatic imine (C=N–C) groups is 1. The summed E-state index contributed by atoms with van der Waals surface area (Å²) in [4.78, 5) is 6.63. The highest BCUT2D eigenvalue weighted by Gasteiger charge is 2.30. The smallest absolute Gasteiger partial charge is 0.134 e. The van der Waals surface area contributed by atoms with E-state index in [0.29, 0.717) is 5.56 Å². The fraction of sp³-hybridized carbons (Fsp3) is 0.286. The molecular weight excluding hydrogens is 379 g/mol. The molecule has 0 fully saturated rings. The van der Waals surface area contributed by atoms with Gasteiger partial charge in [-0.2, -0.15) is 0 Å². The summed E-state index contributed by atoms with van der Waals surface area (Å²) in [5, 5.41) is 0. The number of likely N-dealkylation sites (N-methyl/N-ethyl adjacent to an activating group) is 1. The first kappa shape index (κ1) is 17.9. The molecule has 3 rings (SSSR count). The van der Waals surface area contributed by atoms with Crippen molar-refractivity contribution in [1.29, 1.82) is 0 Å². The van der Waals surface area contributed by atoms with E-state index >= 15 is 0 Å². The summed E-state index contributed by atoms with van der Waals surface area (Å²) >= 11 is 3.40. The van der Waals surface area contributed by atoms with Gasteiger partial charge in [-0.15, -0.1) is 0 Å². The molecule has 0 saturated carbocycles. The van der Waals surface area contributed by atoms with Gasteiger partial charge in [0.05, 0.1) is 11.2 Å². The number of nitrogens with zero attached hydrogens (tertiary/aromatic N) is 2. The molecule has 1 aliphatic heterocycles. The lowest BCUT2D eigenvalue weighted by molar-refractivity contribution is 0.561. The van der Waals surface area contributed by atoms with Gasteiger partial charge in [0, 0.05) is 34.0 Å². The van der Waals surface area contributed by atoms with Crippen LogP contribution in [0.15, 0.2) is 51.9 Å². The number of rotatable bonds is 3. The molecule has 0 unspecified atom stereocenters. The van der Waals surface area contributed by atoms with Gasteiger partial charge in [0.25, 0.3) is 0 Å². The van der Waals surface area contributed by atoms with Gasteiger partial charge in [-0.25, -0.2) is 4.39 Å². The Kier molecular flexibility index (Phi) is 4.83. The van der Waals surface area contributed by atoms with Gasteiger partial charge in [0.15, 0.2) is 0 Å². The van der Waals surface area contributed by atoms with Crippen LogP contribution in [0.1, 0.15) is 38.8 Å². The van der Waals surface area contributed by atoms with E-state index in [0.717, 1.165) is 28.0 Å². The number of allylic oxidation sites excluding steroid dienone is 1. The SMILES string of the molecule is CCN1c2cc(F)c(C=Nc3ccc(Br)cc3)cc2C(C)=CC1(C)C. The van der Waals surface area contributed by atoms with Gasteiger partial charge in [-0.05, 0) is 69.7 Å². The minimum Gasteiger partial charge on any atom is -0.363 e. The van der Waals surface area contributed by atoms with Crippen molar-refractivity contribution in [3.05, 3.63) is 63.9 Å². The van der Waals surface area contributed by atoms with Crippen molar-refractivity contribution in [2.24, 2.45) is 4.99 Å². The summed E-state index contributed by atoms with van der Waals surface area (Å²) in [5.41, 5.74) is 4.37. The zero-order valence-corrected chi connectivity index (χ0v) is 16.6. The first-order chi connectivity index (χ1) is 11.8. The van der Waals surface area contributed by atoms with Gasteiger partial charge in [-0.1, -0.05) is 22.0 Å². The van der Waals surface area contributed by atoms with E-state index in [1.807, 2.05) is 30.3 Å². The molecule has 4 heteroatoms. The lowest BCUT2D eigenvalue weighted by Gasteiger charge is -2.42. The highest BCUT2D eigenvalue weighted by molar-refractivity contribution is 9.10. The molecule has 2 aromatic rings. The van der Waals surface area contributed by atoms with Crippen LogP contribution in [0, 0.1) is 5.82 Å². The monoisotopic (exact) mass is 400 g/mol. The van der Waals surface area contributed by atoms with Crippen LogP contribution in [0.5, 0.6) is 0 Å². The van der Waals surface area contributed by atoms with E-state index in [9.17, 15) is 4.39 Å². The van der Waals surface area contributed by atoms with Crippen molar-refractivity contribution < 1.29 is 4.39 Å². The Morgan fingerprint density at radius 2 is 1.88 bits per heavy atom. The molecule has 0 N–H and O–H groups in total. The summed E-state index contributed by atoms with van der Waals surface area (Å²) in [5.74, 6) is -0.247. The van der Waals surface area contributed by atoms with E-state index in [1.54, 1.807) is 12.3 Å². The molecule has 2 nitrogen and oxygen atoms in total. The Labute approximate surface area is 157 Å². The lowest BCUT2D eigenvalue weighted by atomic mass is 9.88. The number of benzene rings is 2. The maximum absolute atomic E-state index is 14.7. The molecule has 1 heterocycles. The van der Waals surface area contributed by atoms with E-state index in [1.165, 1.54) is 5.57 Å². The largest absolute Gasteiger partial charge is 0.363 e. The first-order valence-corrected chi connectivity index (χ1v) is 9.22. The van der Waals surface area contributed by atoms with Crippen molar-refractivity contribution >= 4 is 39.1 Å². The average Bonchev–Trinajstić information content (AvgIpc) is 2.54. The first-order valence-electron chi connectivity index (χ1n) is 8.42. The fourth-order valence-electron chi connectivity index (χ4n) is 3.46. The zero-order valence-electron chi connectivity index (χ0n) is 15.0. The number of hydrogen-bond acceptors (Lipinski definition) is 2. The van der Waals surface area contributed by atoms with Gasteiger partial charge >= 0.3 is 0 Å². The quantitative estimate of drug-likeness (QED) is 0.547. The van der Waals surface area contributed by atoms with Crippen LogP contribution in [0.4, 0.5) is 15.8 Å². The van der Waals surface area contributed by atoms with Gasteiger partial charge in [0.1, 0.15) is 5.82 Å². The number of fused-ring (bicyclic) bond motifs is 1. The van der Waals surface area contributed by atoms with Crippen LogP contribution >= 0.6 is 15.9 Å². The van der Waals surface area contributed by atoms with E-state index < -0.39 is 0 Å². The molecule has 0 bridgehead atoms. The van der Waals surface area contributed by atoms with E-state index in [4.69, 9.17) is 0 Å². The van der Waals surface area contributed by atoms with Crippen molar-refractivity contribution in [1.82, 2.24) is 0 Å². The summed E-state index contributed by atoms with van der Waals surface area (Å²) in [6.45, 7) is 9.32. The number of anilines is 1. The van der Waals surface area contributed by atoms with Crippen LogP contribution < -0.4 is 4.90 Å². The Balaban J connectivity index is 2.02. The van der Waals surface area contributed by atoms with Crippen molar-refractivity contribution in [3.8, 4) is 0 Å². The molecular formula is C21H22BrFN2. The molecule has 0 aromatic heterocycles. The highest BCUT2D eigenvalue weighted by atomic mass is 79.9. The second-order valence-corrected chi connectivity index (χ2v) is 7.77. The highest BCUT2D eigenvalue weighted by Crippen LogP contribution is 2.39. The molecule has 130 valence electrons. The second-order valence-electron chi connectivity index (χ2n) is 6.85. The predicted octanol–water partition coefficient (Wildman–Crippen LogP) is 6.36. The molecule has 0 atom stereocenters. The summed E-state index contributed by atoms with van der Waals surface area (Å²) in [6.07, 6.45) is 3.84. The van der Waals surface area contributed by atoms with Crippen molar-refractivity contribution in [2.75, 3.05) is 11.4 Å². The van der Waals surface area contributed by atoms with Crippen molar-refractivity contribution in [3.63, 3.8) is 0 Å². The number of halogens is 2. The third-order valence-corrected chi connectivity index (χ3v) is 5.12. The summed E-state index contributed by atoms with van der Waals surface area (Å²) in [6, 6.07) is 11.2. The topological polar surface area (TPSA) is 15.6 Å². The molecule has 1 aliphatic rings. The van der Waals surface area contributed by atoms with Crippen molar-refractivity contribution in [2.45, 2.75) is 33.2 Å². The molecule has 0 aliphatic carbocycles. The Bertz CT molecular complexity index is 851. The van der Waals surface area contributed by atoms with E-state index in [-0.39, 0.29) is 11.4 Å². The minimum atomic E-state index is -0.247. The molecule has 2 aromatic carbocycles. The number of hydrogen-bond donors (Lipinski definition) is 0. The Hall–Kier alpha value is -1.94. The molecule has 0 spiro atoms. The predicted molar refractivity (Wildman–Crippen MR) is 109 cm³/mol. The maximum Gasteiger partial charge on any atom is 0.134 e. The third kappa shape index (κ3) is 3.54. The van der Waals surface area contributed by atoms with Gasteiger partial charge < -0.3 is 4.90 Å². The van der Waals surface area contributed by atoms with Crippen LogP contribution in [-0.4, -0.2) is 18.3 Å². The van der Waals surface area contributed by atoms with Gasteiger partial charge in [0.2, 0.25) is 0 Å². The standard InChI is InChI=1S/C21H22BrFN2/c1-5-25-20-11-19(23)15(10-18(20)14(2)12-21(25,3)4)13-24-17-8-6-16(22)7-9-17/h6-13H,5H2,1-4H3. The lowest BCUT2D eigenvalue weighted by Crippen LogP contribution is -2.45. The average molecular weight is 401 g/mol. The van der Waals surface area contributed by atoms with Crippen LogP contribution in [0.3, 0.4) is 0 Å². The third-order valence-electron chi connectivity index (χ3n) is 4.59. The second kappa shape index (κ2) is 6.75. The van der Waals surface area contributed by atoms with Gasteiger partial charge in [-0.3, -0.25) is 4.99 Å². The normalized spacial score (nSPS) is 16.1. The minimum absolute atomic E-state index is 0.120. The summed E-state index contributed by atoms with van der Waals surface area (Å²) in [7, 11) is 0. The van der Waals surface area contributed by atoms with E-state index in [2.05, 4.69) is 59.6 Å². The Morgan fingerprint density at radius 1 is 1.20 bits per heavy atom. The molecule has 0 amide bonds. The van der Waals surface area contributed by atoms with Crippen LogP contribution in [0.2, 0.25) is 0 Å². The van der Waals surface area contributed by atoms with Crippen LogP contribution in [-0.2, 0) is 0 Å². The van der Waals surface area contributed by atoms with Crippen LogP contribution in [0.25, 0.3) is 5.57 Å². The molecule has 25 heavy (non-hydrogen) atoms. The molecule has 0 radical (unpaired) electrons. The zero-order chi connectivity index (χ0) is 18.2. The Morgan fingerprint density at radius 3 is 2.52 bits per heavy atom. The maximum atomic E-state index is 14.7. The fourth-order valence-corrected chi connectivity index (χ4v) is 3.73. The molecule has 0 saturated heterocycles. The summed E-state index contributed by atoms with van der Waals surface area (Å²) < 4.78 is 15.7.